The van der Waals surface area contributed by atoms with Crippen molar-refractivity contribution in [1.82, 2.24) is 0 Å². The van der Waals surface area contributed by atoms with Crippen molar-refractivity contribution in [1.29, 1.82) is 0 Å². The molecule has 0 spiro atoms. The van der Waals surface area contributed by atoms with Crippen molar-refractivity contribution in [3.05, 3.63) is 64.0 Å². The third-order valence-corrected chi connectivity index (χ3v) is 4.55. The van der Waals surface area contributed by atoms with Crippen LogP contribution in [0, 0.1) is 6.92 Å². The van der Waals surface area contributed by atoms with Crippen LogP contribution < -0.4 is 0 Å². The van der Waals surface area contributed by atoms with Gasteiger partial charge in [0, 0.05) is 16.3 Å². The maximum Gasteiger partial charge on any atom is 0.0680 e. The first-order chi connectivity index (χ1) is 9.24. The van der Waals surface area contributed by atoms with Gasteiger partial charge in [-0.25, -0.2) is 0 Å². The minimum atomic E-state index is 0.788. The molecule has 1 nitrogen and oxygen atoms in total. The molecule has 0 atom stereocenters. The van der Waals surface area contributed by atoms with Gasteiger partial charge in [0.2, 0.25) is 0 Å². The summed E-state index contributed by atoms with van der Waals surface area (Å²) in [7, 11) is 0. The third-order valence-electron chi connectivity index (χ3n) is 2.92. The molecule has 0 aliphatic carbocycles. The smallest absolute Gasteiger partial charge is 0.0680 e. The maximum absolute atomic E-state index is 6.37. The molecule has 0 fully saturated rings. The van der Waals surface area contributed by atoms with Gasteiger partial charge in [0.15, 0.2) is 0 Å². The minimum Gasteiger partial charge on any atom is -0.255 e. The number of nitrogens with zero attached hydrogens (tertiary/aromatic N) is 1. The molecule has 0 bridgehead atoms. The van der Waals surface area contributed by atoms with Crippen LogP contribution in [0.5, 0.6) is 0 Å². The van der Waals surface area contributed by atoms with E-state index in [1.54, 1.807) is 11.3 Å². The van der Waals surface area contributed by atoms with Gasteiger partial charge in [-0.05, 0) is 25.1 Å². The van der Waals surface area contributed by atoms with E-state index in [4.69, 9.17) is 11.6 Å². The van der Waals surface area contributed by atoms with Crippen LogP contribution in [-0.4, -0.2) is 6.21 Å². The molecule has 0 aliphatic heterocycles. The zero-order valence-electron chi connectivity index (χ0n) is 10.4. The molecule has 2 aromatic carbocycles. The highest BCUT2D eigenvalue weighted by Gasteiger charge is 2.07. The van der Waals surface area contributed by atoms with E-state index in [0.717, 1.165) is 21.0 Å². The van der Waals surface area contributed by atoms with Crippen molar-refractivity contribution < 1.29 is 0 Å². The topological polar surface area (TPSA) is 12.4 Å². The molecular weight excluding hydrogens is 274 g/mol. The summed E-state index contributed by atoms with van der Waals surface area (Å²) >= 11 is 8.03. The summed E-state index contributed by atoms with van der Waals surface area (Å²) in [6, 6.07) is 16.3. The fourth-order valence-electron chi connectivity index (χ4n) is 1.88. The molecular formula is C16H12ClNS. The standard InChI is InChI=1S/C16H12ClNS/c1-11-6-8-12(9-7-11)18-10-15-16(17)13-4-2-3-5-14(13)19-15/h2-10H,1H3. The van der Waals surface area contributed by atoms with Crippen LogP contribution in [0.15, 0.2) is 53.5 Å². The molecule has 3 rings (SSSR count). The van der Waals surface area contributed by atoms with Crippen molar-refractivity contribution in [2.24, 2.45) is 4.99 Å². The third kappa shape index (κ3) is 2.55. The Balaban J connectivity index is 1.97. The summed E-state index contributed by atoms with van der Waals surface area (Å²) < 4.78 is 1.19. The van der Waals surface area contributed by atoms with Crippen LogP contribution in [-0.2, 0) is 0 Å². The highest BCUT2D eigenvalue weighted by molar-refractivity contribution is 7.21. The van der Waals surface area contributed by atoms with Gasteiger partial charge in [0.1, 0.15) is 0 Å². The predicted molar refractivity (Wildman–Crippen MR) is 85.3 cm³/mol. The quantitative estimate of drug-likeness (QED) is 0.542. The number of rotatable bonds is 2. The Morgan fingerprint density at radius 1 is 1.05 bits per heavy atom. The van der Waals surface area contributed by atoms with Crippen molar-refractivity contribution in [2.75, 3.05) is 0 Å². The normalized spacial score (nSPS) is 11.5. The second-order valence-corrected chi connectivity index (χ2v) is 5.83. The van der Waals surface area contributed by atoms with E-state index in [0.29, 0.717) is 0 Å². The molecule has 3 heteroatoms. The van der Waals surface area contributed by atoms with E-state index >= 15 is 0 Å². The second-order valence-electron chi connectivity index (χ2n) is 4.37. The molecule has 19 heavy (non-hydrogen) atoms. The Kier molecular flexibility index (Phi) is 3.36. The van der Waals surface area contributed by atoms with Crippen LogP contribution >= 0.6 is 22.9 Å². The molecule has 0 N–H and O–H groups in total. The number of aryl methyl sites for hydroxylation is 1. The number of aliphatic imine (C=N–C) groups is 1. The van der Waals surface area contributed by atoms with Gasteiger partial charge in [-0.2, -0.15) is 0 Å². The highest BCUT2D eigenvalue weighted by Crippen LogP contribution is 2.34. The molecule has 0 unspecified atom stereocenters. The first-order valence-electron chi connectivity index (χ1n) is 6.02. The van der Waals surface area contributed by atoms with Crippen LogP contribution in [0.4, 0.5) is 5.69 Å². The zero-order valence-corrected chi connectivity index (χ0v) is 12.0. The van der Waals surface area contributed by atoms with Crippen LogP contribution in [0.25, 0.3) is 10.1 Å². The average molecular weight is 286 g/mol. The minimum absolute atomic E-state index is 0.788. The fraction of sp³-hybridized carbons (Fsp3) is 0.0625. The van der Waals surface area contributed by atoms with Crippen LogP contribution in [0.3, 0.4) is 0 Å². The Hall–Kier alpha value is -1.64. The van der Waals surface area contributed by atoms with Gasteiger partial charge in [0.25, 0.3) is 0 Å². The lowest BCUT2D eigenvalue weighted by Gasteiger charge is -1.94. The van der Waals surface area contributed by atoms with E-state index < -0.39 is 0 Å². The molecule has 1 aromatic heterocycles. The van der Waals surface area contributed by atoms with E-state index in [9.17, 15) is 0 Å². The molecule has 0 radical (unpaired) electrons. The van der Waals surface area contributed by atoms with Crippen LogP contribution in [0.2, 0.25) is 5.02 Å². The SMILES string of the molecule is Cc1ccc(N=Cc2sc3ccccc3c2Cl)cc1. The van der Waals surface area contributed by atoms with Crippen molar-refractivity contribution in [2.45, 2.75) is 6.92 Å². The zero-order chi connectivity index (χ0) is 13.2. The summed E-state index contributed by atoms with van der Waals surface area (Å²) in [6.45, 7) is 2.07. The largest absolute Gasteiger partial charge is 0.255 e. The molecule has 0 amide bonds. The number of benzene rings is 2. The molecule has 1 heterocycles. The lowest BCUT2D eigenvalue weighted by molar-refractivity contribution is 1.44. The van der Waals surface area contributed by atoms with Gasteiger partial charge in [-0.3, -0.25) is 4.99 Å². The van der Waals surface area contributed by atoms with E-state index in [1.807, 2.05) is 36.5 Å². The molecule has 0 saturated carbocycles. The van der Waals surface area contributed by atoms with E-state index in [1.165, 1.54) is 10.3 Å². The van der Waals surface area contributed by atoms with Gasteiger partial charge < -0.3 is 0 Å². The summed E-state index contributed by atoms with van der Waals surface area (Å²) in [5.41, 5.74) is 2.18. The van der Waals surface area contributed by atoms with Gasteiger partial charge in [-0.15, -0.1) is 11.3 Å². The lowest BCUT2D eigenvalue weighted by Crippen LogP contribution is -1.75. The Bertz CT molecular complexity index is 741. The number of hydrogen-bond donors (Lipinski definition) is 0. The average Bonchev–Trinajstić information content (AvgIpc) is 2.76. The molecule has 0 aliphatic rings. The lowest BCUT2D eigenvalue weighted by atomic mass is 10.2. The Labute approximate surface area is 121 Å². The van der Waals surface area contributed by atoms with Gasteiger partial charge >= 0.3 is 0 Å². The van der Waals surface area contributed by atoms with Crippen LogP contribution in [0.1, 0.15) is 10.4 Å². The monoisotopic (exact) mass is 285 g/mol. The summed E-state index contributed by atoms with van der Waals surface area (Å²) in [4.78, 5) is 5.48. The molecule has 0 saturated heterocycles. The summed E-state index contributed by atoms with van der Waals surface area (Å²) in [5.74, 6) is 0. The number of thiophene rings is 1. The second kappa shape index (κ2) is 5.16. The summed E-state index contributed by atoms with van der Waals surface area (Å²) in [5, 5.41) is 1.89. The Morgan fingerprint density at radius 2 is 1.79 bits per heavy atom. The Morgan fingerprint density at radius 3 is 2.53 bits per heavy atom. The highest BCUT2D eigenvalue weighted by atomic mass is 35.5. The molecule has 3 aromatic rings. The van der Waals surface area contributed by atoms with E-state index in [-0.39, 0.29) is 0 Å². The van der Waals surface area contributed by atoms with Crippen molar-refractivity contribution in [3.63, 3.8) is 0 Å². The van der Waals surface area contributed by atoms with Crippen molar-refractivity contribution in [3.8, 4) is 0 Å². The number of hydrogen-bond acceptors (Lipinski definition) is 2. The van der Waals surface area contributed by atoms with E-state index in [2.05, 4.69) is 30.1 Å². The summed E-state index contributed by atoms with van der Waals surface area (Å²) in [6.07, 6.45) is 1.84. The predicted octanol–water partition coefficient (Wildman–Crippen LogP) is 5.61. The maximum atomic E-state index is 6.37. The fourth-order valence-corrected chi connectivity index (χ4v) is 3.23. The number of halogens is 1. The van der Waals surface area contributed by atoms with Crippen molar-refractivity contribution >= 4 is 44.9 Å². The molecule has 94 valence electrons. The van der Waals surface area contributed by atoms with Gasteiger partial charge in [-0.1, -0.05) is 47.5 Å². The first kappa shape index (κ1) is 12.4. The number of fused-ring (bicyclic) bond motifs is 1. The van der Waals surface area contributed by atoms with Gasteiger partial charge in [0.05, 0.1) is 15.6 Å². The first-order valence-corrected chi connectivity index (χ1v) is 7.21.